The fourth-order valence-electron chi connectivity index (χ4n) is 2.34. The first-order chi connectivity index (χ1) is 9.56. The van der Waals surface area contributed by atoms with Gasteiger partial charge in [0.2, 0.25) is 0 Å². The van der Waals surface area contributed by atoms with Crippen molar-refractivity contribution in [2.24, 2.45) is 5.92 Å². The van der Waals surface area contributed by atoms with E-state index in [2.05, 4.69) is 29.1 Å². The SMILES string of the molecule is Cc1nc(NCC(C)C)cc(C(=O)N2CCCCC2)n1. The minimum atomic E-state index is 0.0304. The van der Waals surface area contributed by atoms with Gasteiger partial charge in [-0.1, -0.05) is 13.8 Å². The number of rotatable bonds is 4. The largest absolute Gasteiger partial charge is 0.370 e. The smallest absolute Gasteiger partial charge is 0.272 e. The molecule has 1 aromatic rings. The van der Waals surface area contributed by atoms with Crippen molar-refractivity contribution in [2.45, 2.75) is 40.0 Å². The van der Waals surface area contributed by atoms with Gasteiger partial charge in [0.25, 0.3) is 5.91 Å². The highest BCUT2D eigenvalue weighted by atomic mass is 16.2. The van der Waals surface area contributed by atoms with Crippen LogP contribution in [0.15, 0.2) is 6.07 Å². The quantitative estimate of drug-likeness (QED) is 0.918. The number of anilines is 1. The molecule has 5 heteroatoms. The summed E-state index contributed by atoms with van der Waals surface area (Å²) in [5.74, 6) is 1.94. The predicted octanol–water partition coefficient (Wildman–Crippen LogP) is 2.48. The van der Waals surface area contributed by atoms with Crippen molar-refractivity contribution in [3.05, 3.63) is 17.6 Å². The molecule has 2 heterocycles. The third-order valence-electron chi connectivity index (χ3n) is 3.39. The Bertz CT molecular complexity index is 467. The van der Waals surface area contributed by atoms with Gasteiger partial charge in [0, 0.05) is 25.7 Å². The second-order valence-electron chi connectivity index (χ2n) is 5.81. The number of hydrogen-bond acceptors (Lipinski definition) is 4. The molecule has 1 aromatic heterocycles. The molecule has 1 fully saturated rings. The maximum Gasteiger partial charge on any atom is 0.272 e. The molecule has 2 rings (SSSR count). The summed E-state index contributed by atoms with van der Waals surface area (Å²) in [6, 6.07) is 1.77. The van der Waals surface area contributed by atoms with Crippen molar-refractivity contribution in [3.8, 4) is 0 Å². The van der Waals surface area contributed by atoms with Crippen LogP contribution in [-0.4, -0.2) is 40.4 Å². The van der Waals surface area contributed by atoms with Crippen LogP contribution in [0.2, 0.25) is 0 Å². The molecule has 0 spiro atoms. The van der Waals surface area contributed by atoms with Crippen LogP contribution in [0, 0.1) is 12.8 Å². The van der Waals surface area contributed by atoms with Crippen molar-refractivity contribution < 1.29 is 4.79 Å². The third kappa shape index (κ3) is 3.92. The Morgan fingerprint density at radius 3 is 2.65 bits per heavy atom. The minimum Gasteiger partial charge on any atom is -0.370 e. The average molecular weight is 276 g/mol. The van der Waals surface area contributed by atoms with Crippen LogP contribution in [0.4, 0.5) is 5.82 Å². The van der Waals surface area contributed by atoms with E-state index in [4.69, 9.17) is 0 Å². The number of aromatic nitrogens is 2. The molecule has 0 atom stereocenters. The van der Waals surface area contributed by atoms with Crippen LogP contribution in [0.3, 0.4) is 0 Å². The number of amides is 1. The summed E-state index contributed by atoms with van der Waals surface area (Å²) in [6.45, 7) is 8.64. The molecule has 1 aliphatic rings. The molecule has 0 radical (unpaired) electrons. The molecular weight excluding hydrogens is 252 g/mol. The maximum atomic E-state index is 12.5. The summed E-state index contributed by atoms with van der Waals surface area (Å²) in [6.07, 6.45) is 3.40. The van der Waals surface area contributed by atoms with Crippen LogP contribution in [0.5, 0.6) is 0 Å². The summed E-state index contributed by atoms with van der Waals surface area (Å²) in [4.78, 5) is 23.0. The molecule has 0 aromatic carbocycles. The average Bonchev–Trinajstić information content (AvgIpc) is 2.44. The third-order valence-corrected chi connectivity index (χ3v) is 3.39. The van der Waals surface area contributed by atoms with Gasteiger partial charge in [-0.15, -0.1) is 0 Å². The van der Waals surface area contributed by atoms with Gasteiger partial charge in [0.1, 0.15) is 17.3 Å². The molecule has 5 nitrogen and oxygen atoms in total. The summed E-state index contributed by atoms with van der Waals surface area (Å²) in [5.41, 5.74) is 0.505. The number of hydrogen-bond donors (Lipinski definition) is 1. The fourth-order valence-corrected chi connectivity index (χ4v) is 2.34. The zero-order valence-corrected chi connectivity index (χ0v) is 12.6. The first-order valence-corrected chi connectivity index (χ1v) is 7.45. The van der Waals surface area contributed by atoms with Gasteiger partial charge < -0.3 is 10.2 Å². The summed E-state index contributed by atoms with van der Waals surface area (Å²) in [7, 11) is 0. The second kappa shape index (κ2) is 6.68. The lowest BCUT2D eigenvalue weighted by molar-refractivity contribution is 0.0718. The number of aryl methyl sites for hydroxylation is 1. The Morgan fingerprint density at radius 1 is 1.30 bits per heavy atom. The van der Waals surface area contributed by atoms with E-state index < -0.39 is 0 Å². The van der Waals surface area contributed by atoms with E-state index in [0.717, 1.165) is 38.3 Å². The zero-order chi connectivity index (χ0) is 14.5. The van der Waals surface area contributed by atoms with E-state index in [9.17, 15) is 4.79 Å². The molecule has 1 amide bonds. The van der Waals surface area contributed by atoms with Crippen molar-refractivity contribution >= 4 is 11.7 Å². The highest BCUT2D eigenvalue weighted by molar-refractivity contribution is 5.93. The summed E-state index contributed by atoms with van der Waals surface area (Å²) >= 11 is 0. The highest BCUT2D eigenvalue weighted by Gasteiger charge is 2.20. The van der Waals surface area contributed by atoms with E-state index in [-0.39, 0.29) is 5.91 Å². The lowest BCUT2D eigenvalue weighted by Crippen LogP contribution is -2.36. The fraction of sp³-hybridized carbons (Fsp3) is 0.667. The van der Waals surface area contributed by atoms with Gasteiger partial charge in [-0.05, 0) is 32.1 Å². The lowest BCUT2D eigenvalue weighted by atomic mass is 10.1. The molecule has 20 heavy (non-hydrogen) atoms. The minimum absolute atomic E-state index is 0.0304. The molecule has 0 unspecified atom stereocenters. The second-order valence-corrected chi connectivity index (χ2v) is 5.81. The van der Waals surface area contributed by atoms with Crippen molar-refractivity contribution in [2.75, 3.05) is 25.0 Å². The normalized spacial score (nSPS) is 15.5. The number of carbonyl (C=O) groups is 1. The zero-order valence-electron chi connectivity index (χ0n) is 12.6. The molecule has 1 aliphatic heterocycles. The number of nitrogens with zero attached hydrogens (tertiary/aromatic N) is 3. The van der Waals surface area contributed by atoms with E-state index in [1.54, 1.807) is 6.07 Å². The summed E-state index contributed by atoms with van der Waals surface area (Å²) in [5, 5.41) is 3.26. The van der Waals surface area contributed by atoms with Gasteiger partial charge in [0.15, 0.2) is 0 Å². The number of nitrogens with one attached hydrogen (secondary N) is 1. The van der Waals surface area contributed by atoms with Crippen LogP contribution >= 0.6 is 0 Å². The molecule has 1 saturated heterocycles. The Labute approximate surface area is 120 Å². The van der Waals surface area contributed by atoms with Gasteiger partial charge in [-0.3, -0.25) is 4.79 Å². The van der Waals surface area contributed by atoms with E-state index in [0.29, 0.717) is 17.4 Å². The van der Waals surface area contributed by atoms with Crippen molar-refractivity contribution in [3.63, 3.8) is 0 Å². The van der Waals surface area contributed by atoms with E-state index >= 15 is 0 Å². The standard InChI is InChI=1S/C15H24N4O/c1-11(2)10-16-14-9-13(17-12(3)18-14)15(20)19-7-5-4-6-8-19/h9,11H,4-8,10H2,1-3H3,(H,16,17,18). The van der Waals surface area contributed by atoms with E-state index in [1.807, 2.05) is 11.8 Å². The maximum absolute atomic E-state index is 12.5. The summed E-state index contributed by atoms with van der Waals surface area (Å²) < 4.78 is 0. The topological polar surface area (TPSA) is 58.1 Å². The highest BCUT2D eigenvalue weighted by Crippen LogP contribution is 2.14. The van der Waals surface area contributed by atoms with Crippen LogP contribution in [-0.2, 0) is 0 Å². The Morgan fingerprint density at radius 2 is 2.00 bits per heavy atom. The van der Waals surface area contributed by atoms with Crippen LogP contribution < -0.4 is 5.32 Å². The molecule has 1 N–H and O–H groups in total. The first-order valence-electron chi connectivity index (χ1n) is 7.45. The number of likely N-dealkylation sites (tertiary alicyclic amines) is 1. The van der Waals surface area contributed by atoms with E-state index in [1.165, 1.54) is 6.42 Å². The molecule has 110 valence electrons. The monoisotopic (exact) mass is 276 g/mol. The number of carbonyl (C=O) groups excluding carboxylic acids is 1. The molecule has 0 bridgehead atoms. The van der Waals surface area contributed by atoms with Crippen molar-refractivity contribution in [1.29, 1.82) is 0 Å². The molecular formula is C15H24N4O. The van der Waals surface area contributed by atoms with Crippen molar-refractivity contribution in [1.82, 2.24) is 14.9 Å². The van der Waals surface area contributed by atoms with Gasteiger partial charge >= 0.3 is 0 Å². The van der Waals surface area contributed by atoms with Crippen LogP contribution in [0.25, 0.3) is 0 Å². The Balaban J connectivity index is 2.11. The van der Waals surface area contributed by atoms with Gasteiger partial charge in [-0.25, -0.2) is 9.97 Å². The Hall–Kier alpha value is -1.65. The first kappa shape index (κ1) is 14.8. The molecule has 0 aliphatic carbocycles. The van der Waals surface area contributed by atoms with Gasteiger partial charge in [0.05, 0.1) is 0 Å². The Kier molecular flexibility index (Phi) is 4.93. The predicted molar refractivity (Wildman–Crippen MR) is 79.9 cm³/mol. The van der Waals surface area contributed by atoms with Gasteiger partial charge in [-0.2, -0.15) is 0 Å². The lowest BCUT2D eigenvalue weighted by Gasteiger charge is -2.26. The number of piperidine rings is 1. The van der Waals surface area contributed by atoms with Crippen LogP contribution in [0.1, 0.15) is 49.4 Å². The molecule has 0 saturated carbocycles.